The average molecular weight is 393 g/mol. The number of aryl methyl sites for hydroxylation is 2. The predicted molar refractivity (Wildman–Crippen MR) is 113 cm³/mol. The van der Waals surface area contributed by atoms with E-state index in [1.54, 1.807) is 9.80 Å². The maximum Gasteiger partial charge on any atom is 0.209 e. The summed E-state index contributed by atoms with van der Waals surface area (Å²) in [4.78, 5) is 3.19. The van der Waals surface area contributed by atoms with Crippen LogP contribution < -0.4 is 9.80 Å². The summed E-state index contributed by atoms with van der Waals surface area (Å²) in [5.41, 5.74) is 2.72. The molecule has 1 saturated heterocycles. The van der Waals surface area contributed by atoms with Crippen molar-refractivity contribution in [2.75, 3.05) is 26.2 Å². The van der Waals surface area contributed by atoms with Crippen LogP contribution in [-0.4, -0.2) is 46.4 Å². The van der Waals surface area contributed by atoms with Crippen molar-refractivity contribution >= 4 is 5.69 Å². The summed E-state index contributed by atoms with van der Waals surface area (Å²) in [7, 11) is 0. The van der Waals surface area contributed by atoms with E-state index < -0.39 is 0 Å². The number of nitrogens with one attached hydrogen (secondary N) is 2. The lowest BCUT2D eigenvalue weighted by atomic mass is 10.0. The molecule has 6 heteroatoms. The first kappa shape index (κ1) is 19.7. The Balaban J connectivity index is 1.44. The van der Waals surface area contributed by atoms with Crippen LogP contribution in [-0.2, 0) is 13.0 Å². The molecule has 1 atom stereocenters. The third-order valence-corrected chi connectivity index (χ3v) is 6.08. The van der Waals surface area contributed by atoms with Crippen LogP contribution in [0.3, 0.4) is 0 Å². The highest BCUT2D eigenvalue weighted by Gasteiger charge is 2.36. The quantitative estimate of drug-likeness (QED) is 0.623. The van der Waals surface area contributed by atoms with Gasteiger partial charge in [-0.2, -0.15) is 0 Å². The van der Waals surface area contributed by atoms with Crippen LogP contribution in [0.1, 0.15) is 31.3 Å². The zero-order valence-electron chi connectivity index (χ0n) is 17.5. The first-order valence-electron chi connectivity index (χ1n) is 10.8. The van der Waals surface area contributed by atoms with E-state index in [1.165, 1.54) is 11.3 Å². The summed E-state index contributed by atoms with van der Waals surface area (Å²) in [6.07, 6.45) is 0.949. The lowest BCUT2D eigenvalue weighted by Crippen LogP contribution is -3.26. The lowest BCUT2D eigenvalue weighted by Gasteiger charge is -2.35. The van der Waals surface area contributed by atoms with E-state index in [-0.39, 0.29) is 0 Å². The molecule has 0 amide bonds. The van der Waals surface area contributed by atoms with Crippen molar-refractivity contribution in [3.63, 3.8) is 0 Å². The number of tetrazole rings is 1. The maximum atomic E-state index is 4.48. The smallest absolute Gasteiger partial charge is 0.209 e. The molecule has 0 unspecified atom stereocenters. The number of piperazine rings is 1. The minimum Gasteiger partial charge on any atom is -0.317 e. The SMILES string of the molecule is CC(C)[C@H](c1nnnn1CCc1ccccc1)[NH+]1CC[NH+](c2ccccc2)CC1. The molecule has 1 aromatic heterocycles. The van der Waals surface area contributed by atoms with E-state index in [2.05, 4.69) is 90.0 Å². The van der Waals surface area contributed by atoms with Gasteiger partial charge in [0.2, 0.25) is 5.82 Å². The first-order chi connectivity index (χ1) is 14.2. The van der Waals surface area contributed by atoms with Crippen molar-refractivity contribution in [3.8, 4) is 0 Å². The van der Waals surface area contributed by atoms with Crippen LogP contribution in [0.5, 0.6) is 0 Å². The van der Waals surface area contributed by atoms with Gasteiger partial charge in [0.15, 0.2) is 6.04 Å². The van der Waals surface area contributed by atoms with E-state index >= 15 is 0 Å². The van der Waals surface area contributed by atoms with Gasteiger partial charge < -0.3 is 4.90 Å². The van der Waals surface area contributed by atoms with Gasteiger partial charge in [-0.1, -0.05) is 62.4 Å². The van der Waals surface area contributed by atoms with Crippen molar-refractivity contribution in [2.24, 2.45) is 5.92 Å². The monoisotopic (exact) mass is 392 g/mol. The Morgan fingerprint density at radius 3 is 2.21 bits per heavy atom. The second kappa shape index (κ2) is 9.29. The molecule has 1 aliphatic rings. The highest BCUT2D eigenvalue weighted by atomic mass is 15.6. The van der Waals surface area contributed by atoms with Crippen molar-refractivity contribution in [3.05, 3.63) is 72.1 Å². The van der Waals surface area contributed by atoms with Gasteiger partial charge in [-0.25, -0.2) is 4.68 Å². The van der Waals surface area contributed by atoms with Crippen LogP contribution in [0.4, 0.5) is 5.69 Å². The van der Waals surface area contributed by atoms with E-state index in [0.29, 0.717) is 12.0 Å². The molecular formula is C23H32N6+2. The van der Waals surface area contributed by atoms with Crippen molar-refractivity contribution < 1.29 is 9.80 Å². The van der Waals surface area contributed by atoms with Crippen LogP contribution in [0, 0.1) is 5.92 Å². The summed E-state index contributed by atoms with van der Waals surface area (Å²) in [5, 5.41) is 12.8. The fourth-order valence-corrected chi connectivity index (χ4v) is 4.57. The number of benzene rings is 2. The van der Waals surface area contributed by atoms with Gasteiger partial charge in [-0.05, 0) is 34.5 Å². The Bertz CT molecular complexity index is 869. The maximum absolute atomic E-state index is 4.48. The molecule has 1 fully saturated rings. The molecule has 0 spiro atoms. The Hall–Kier alpha value is -2.57. The molecular weight excluding hydrogens is 360 g/mol. The van der Waals surface area contributed by atoms with E-state index in [0.717, 1.165) is 45.0 Å². The summed E-state index contributed by atoms with van der Waals surface area (Å²) in [5.74, 6) is 1.53. The average Bonchev–Trinajstić information content (AvgIpc) is 3.22. The topological polar surface area (TPSA) is 52.5 Å². The zero-order valence-corrected chi connectivity index (χ0v) is 17.5. The number of quaternary nitrogens is 2. The Morgan fingerprint density at radius 1 is 0.897 bits per heavy atom. The Labute approximate surface area is 173 Å². The molecule has 6 nitrogen and oxygen atoms in total. The normalized spacial score (nSPS) is 20.7. The van der Waals surface area contributed by atoms with Gasteiger partial charge >= 0.3 is 0 Å². The summed E-state index contributed by atoms with van der Waals surface area (Å²) in [6, 6.07) is 21.7. The fourth-order valence-electron chi connectivity index (χ4n) is 4.57. The summed E-state index contributed by atoms with van der Waals surface area (Å²) in [6.45, 7) is 9.98. The molecule has 29 heavy (non-hydrogen) atoms. The first-order valence-corrected chi connectivity index (χ1v) is 10.8. The number of rotatable bonds is 7. The van der Waals surface area contributed by atoms with Crippen LogP contribution in [0.2, 0.25) is 0 Å². The van der Waals surface area contributed by atoms with Gasteiger partial charge in [0.25, 0.3) is 0 Å². The number of para-hydroxylation sites is 1. The van der Waals surface area contributed by atoms with E-state index in [9.17, 15) is 0 Å². The van der Waals surface area contributed by atoms with Crippen molar-refractivity contribution in [1.29, 1.82) is 0 Å². The van der Waals surface area contributed by atoms with Gasteiger partial charge in [-0.3, -0.25) is 4.90 Å². The Kier molecular flexibility index (Phi) is 6.32. The second-order valence-electron chi connectivity index (χ2n) is 8.35. The second-order valence-corrected chi connectivity index (χ2v) is 8.35. The highest BCUT2D eigenvalue weighted by Crippen LogP contribution is 2.16. The summed E-state index contributed by atoms with van der Waals surface area (Å²) < 4.78 is 2.03. The zero-order chi connectivity index (χ0) is 20.1. The standard InChI is InChI=1S/C23H30N6/c1-19(2)22(28-17-15-27(16-18-28)21-11-7-4-8-12-21)23-24-25-26-29(23)14-13-20-9-5-3-6-10-20/h3-12,19,22H,13-18H2,1-2H3/p+2/t22-/m1/s1. The molecule has 2 N–H and O–H groups in total. The van der Waals surface area contributed by atoms with Gasteiger partial charge in [-0.15, -0.1) is 5.10 Å². The van der Waals surface area contributed by atoms with Crippen LogP contribution in [0.25, 0.3) is 0 Å². The van der Waals surface area contributed by atoms with Crippen molar-refractivity contribution in [2.45, 2.75) is 32.9 Å². The number of hydrogen-bond acceptors (Lipinski definition) is 3. The molecule has 2 aromatic carbocycles. The van der Waals surface area contributed by atoms with Crippen LogP contribution in [0.15, 0.2) is 60.7 Å². The number of aromatic nitrogens is 4. The highest BCUT2D eigenvalue weighted by molar-refractivity contribution is 5.27. The summed E-state index contributed by atoms with van der Waals surface area (Å²) >= 11 is 0. The molecule has 4 rings (SSSR count). The van der Waals surface area contributed by atoms with Gasteiger partial charge in [0, 0.05) is 12.5 Å². The fraction of sp³-hybridized carbons (Fsp3) is 0.435. The van der Waals surface area contributed by atoms with E-state index in [1.807, 2.05) is 4.68 Å². The number of hydrogen-bond donors (Lipinski definition) is 2. The molecule has 152 valence electrons. The third kappa shape index (κ3) is 4.71. The Morgan fingerprint density at radius 2 is 1.55 bits per heavy atom. The molecule has 1 aliphatic heterocycles. The molecule has 0 saturated carbocycles. The molecule has 2 heterocycles. The molecule has 0 bridgehead atoms. The number of nitrogens with zero attached hydrogens (tertiary/aromatic N) is 4. The lowest BCUT2D eigenvalue weighted by molar-refractivity contribution is -1.01. The molecule has 3 aromatic rings. The third-order valence-electron chi connectivity index (χ3n) is 6.08. The largest absolute Gasteiger partial charge is 0.317 e. The van der Waals surface area contributed by atoms with Crippen LogP contribution >= 0.6 is 0 Å². The minimum absolute atomic E-state index is 0.332. The minimum atomic E-state index is 0.332. The van der Waals surface area contributed by atoms with Gasteiger partial charge in [0.1, 0.15) is 31.9 Å². The van der Waals surface area contributed by atoms with Crippen molar-refractivity contribution in [1.82, 2.24) is 20.2 Å². The predicted octanol–water partition coefficient (Wildman–Crippen LogP) is 0.728. The van der Waals surface area contributed by atoms with E-state index in [4.69, 9.17) is 0 Å². The molecule has 0 aliphatic carbocycles. The molecule has 0 radical (unpaired) electrons. The van der Waals surface area contributed by atoms with Gasteiger partial charge in [0.05, 0.1) is 0 Å².